The van der Waals surface area contributed by atoms with E-state index in [-0.39, 0.29) is 6.04 Å². The van der Waals surface area contributed by atoms with Crippen molar-refractivity contribution in [2.75, 3.05) is 7.05 Å². The summed E-state index contributed by atoms with van der Waals surface area (Å²) in [6.45, 7) is 3.61. The zero-order valence-corrected chi connectivity index (χ0v) is 16.3. The van der Waals surface area contributed by atoms with E-state index in [1.165, 1.54) is 5.56 Å². The number of carbonyl (C=O) groups excluding carboxylic acids is 2. The normalized spacial score (nSPS) is 15.3. The third-order valence-corrected chi connectivity index (χ3v) is 5.60. The van der Waals surface area contributed by atoms with Gasteiger partial charge in [-0.05, 0) is 49.9 Å². The largest absolute Gasteiger partial charge is 0.332 e. The molecular weight excluding hydrogens is 350 g/mol. The lowest BCUT2D eigenvalue weighted by Crippen LogP contribution is -2.36. The van der Waals surface area contributed by atoms with Gasteiger partial charge in [0.2, 0.25) is 0 Å². The van der Waals surface area contributed by atoms with Gasteiger partial charge in [0.15, 0.2) is 0 Å². The second-order valence-corrected chi connectivity index (χ2v) is 7.29. The number of amides is 1. The highest BCUT2D eigenvalue weighted by atomic mass is 16.2. The van der Waals surface area contributed by atoms with E-state index in [9.17, 15) is 9.59 Å². The second-order valence-electron chi connectivity index (χ2n) is 7.29. The molecule has 0 saturated carbocycles. The molecule has 28 heavy (non-hydrogen) atoms. The molecule has 0 spiro atoms. The summed E-state index contributed by atoms with van der Waals surface area (Å²) < 4.78 is 1.72. The number of Topliss-reactive ketones (excluding diaryl/α,β-unsaturated/α-hetero) is 1. The summed E-state index contributed by atoms with van der Waals surface area (Å²) in [7, 11) is 1.72. The maximum Gasteiger partial charge on any atom is 0.295 e. The molecule has 0 fully saturated rings. The Balaban J connectivity index is 1.63. The van der Waals surface area contributed by atoms with E-state index in [0.717, 1.165) is 24.1 Å². The van der Waals surface area contributed by atoms with Crippen LogP contribution >= 0.6 is 0 Å². The number of aromatic nitrogens is 2. The number of nitrogens with zero attached hydrogens (tertiary/aromatic N) is 3. The highest BCUT2D eigenvalue weighted by Gasteiger charge is 2.33. The van der Waals surface area contributed by atoms with Gasteiger partial charge in [-0.3, -0.25) is 9.59 Å². The predicted octanol–water partition coefficient (Wildman–Crippen LogP) is 3.82. The monoisotopic (exact) mass is 373 g/mol. The van der Waals surface area contributed by atoms with Crippen LogP contribution in [0.3, 0.4) is 0 Å². The molecule has 0 aliphatic heterocycles. The average Bonchev–Trinajstić information content (AvgIpc) is 3.27. The number of ketones is 1. The van der Waals surface area contributed by atoms with Crippen molar-refractivity contribution in [1.82, 2.24) is 14.7 Å². The molecule has 0 N–H and O–H groups in total. The molecule has 1 amide bonds. The zero-order valence-electron chi connectivity index (χ0n) is 16.3. The quantitative estimate of drug-likeness (QED) is 0.516. The molecule has 1 atom stereocenters. The molecule has 1 aromatic heterocycles. The Morgan fingerprint density at radius 3 is 2.46 bits per heavy atom. The van der Waals surface area contributed by atoms with Gasteiger partial charge in [0.1, 0.15) is 0 Å². The van der Waals surface area contributed by atoms with Crippen molar-refractivity contribution < 1.29 is 9.59 Å². The summed E-state index contributed by atoms with van der Waals surface area (Å²) >= 11 is 0. The maximum atomic E-state index is 13.1. The molecule has 4 rings (SSSR count). The molecule has 3 aromatic rings. The van der Waals surface area contributed by atoms with Crippen molar-refractivity contribution in [3.63, 3.8) is 0 Å². The van der Waals surface area contributed by atoms with Crippen molar-refractivity contribution in [2.24, 2.45) is 0 Å². The minimum absolute atomic E-state index is 0.0579. The van der Waals surface area contributed by atoms with E-state index in [1.54, 1.807) is 23.6 Å². The predicted molar refractivity (Wildman–Crippen MR) is 108 cm³/mol. The van der Waals surface area contributed by atoms with Crippen LogP contribution in [-0.4, -0.2) is 33.4 Å². The summed E-state index contributed by atoms with van der Waals surface area (Å²) in [5.41, 5.74) is 4.91. The van der Waals surface area contributed by atoms with E-state index < -0.39 is 11.7 Å². The highest BCUT2D eigenvalue weighted by molar-refractivity contribution is 6.43. The van der Waals surface area contributed by atoms with Crippen LogP contribution < -0.4 is 0 Å². The Bertz CT molecular complexity index is 1050. The number of hydrogen-bond acceptors (Lipinski definition) is 3. The fourth-order valence-electron chi connectivity index (χ4n) is 4.14. The Hall–Kier alpha value is -3.21. The fourth-order valence-corrected chi connectivity index (χ4v) is 4.14. The molecule has 1 aliphatic rings. The molecule has 5 heteroatoms. The summed E-state index contributed by atoms with van der Waals surface area (Å²) in [6.07, 6.45) is 1.77. The van der Waals surface area contributed by atoms with Gasteiger partial charge in [-0.2, -0.15) is 5.10 Å². The minimum Gasteiger partial charge on any atom is -0.332 e. The third-order valence-electron chi connectivity index (χ3n) is 5.60. The second kappa shape index (κ2) is 7.08. The van der Waals surface area contributed by atoms with Gasteiger partial charge in [0.05, 0.1) is 28.7 Å². The van der Waals surface area contributed by atoms with E-state index in [0.29, 0.717) is 17.0 Å². The number of fused-ring (bicyclic) bond motifs is 1. The first kappa shape index (κ1) is 18.2. The third kappa shape index (κ3) is 2.93. The molecular formula is C23H23N3O2. The van der Waals surface area contributed by atoms with Gasteiger partial charge < -0.3 is 4.90 Å². The van der Waals surface area contributed by atoms with Crippen molar-refractivity contribution in [3.8, 4) is 5.69 Å². The molecule has 1 aliphatic carbocycles. The summed E-state index contributed by atoms with van der Waals surface area (Å²) in [5, 5.41) is 4.50. The van der Waals surface area contributed by atoms with E-state index in [1.807, 2.05) is 55.5 Å². The number of benzene rings is 2. The summed E-state index contributed by atoms with van der Waals surface area (Å²) in [6, 6.07) is 17.7. The van der Waals surface area contributed by atoms with Crippen LogP contribution in [0.2, 0.25) is 0 Å². The number of rotatable bonds is 4. The number of likely N-dealkylation sites (N-methyl/N-ethyl adjacent to an activating group) is 1. The van der Waals surface area contributed by atoms with Gasteiger partial charge in [0.25, 0.3) is 11.7 Å². The van der Waals surface area contributed by atoms with E-state index in [2.05, 4.69) is 11.2 Å². The first-order valence-corrected chi connectivity index (χ1v) is 9.50. The fraction of sp³-hybridized carbons (Fsp3) is 0.261. The topological polar surface area (TPSA) is 55.2 Å². The molecule has 2 aromatic carbocycles. The zero-order chi connectivity index (χ0) is 19.8. The Morgan fingerprint density at radius 1 is 1.04 bits per heavy atom. The van der Waals surface area contributed by atoms with Crippen LogP contribution in [0.25, 0.3) is 5.69 Å². The maximum absolute atomic E-state index is 13.1. The Kier molecular flexibility index (Phi) is 4.59. The molecule has 1 heterocycles. The number of aryl methyl sites for hydroxylation is 2. The number of carbonyl (C=O) groups is 2. The van der Waals surface area contributed by atoms with Crippen LogP contribution in [-0.2, 0) is 11.2 Å². The van der Waals surface area contributed by atoms with Gasteiger partial charge in [-0.25, -0.2) is 4.68 Å². The van der Waals surface area contributed by atoms with Crippen LogP contribution in [0.4, 0.5) is 0 Å². The molecule has 5 nitrogen and oxygen atoms in total. The molecule has 0 bridgehead atoms. The SMILES string of the molecule is Cc1nn(-c2ccccc2)c(C)c1C(=O)C(=O)N(C)C1CCc2ccccc21. The van der Waals surface area contributed by atoms with Crippen LogP contribution in [0.15, 0.2) is 54.6 Å². The highest BCUT2D eigenvalue weighted by Crippen LogP contribution is 2.35. The van der Waals surface area contributed by atoms with Gasteiger partial charge in [0, 0.05) is 7.05 Å². The minimum atomic E-state index is -0.496. The van der Waals surface area contributed by atoms with E-state index >= 15 is 0 Å². The van der Waals surface area contributed by atoms with Crippen LogP contribution in [0.1, 0.15) is 45.3 Å². The lowest BCUT2D eigenvalue weighted by atomic mass is 10.0. The molecule has 0 saturated heterocycles. The molecule has 1 unspecified atom stereocenters. The van der Waals surface area contributed by atoms with Crippen molar-refractivity contribution >= 4 is 11.7 Å². The Morgan fingerprint density at radius 2 is 1.71 bits per heavy atom. The van der Waals surface area contributed by atoms with Crippen LogP contribution in [0.5, 0.6) is 0 Å². The molecule has 0 radical (unpaired) electrons. The lowest BCUT2D eigenvalue weighted by Gasteiger charge is -2.24. The summed E-state index contributed by atoms with van der Waals surface area (Å²) in [4.78, 5) is 27.7. The summed E-state index contributed by atoms with van der Waals surface area (Å²) in [5.74, 6) is -0.982. The van der Waals surface area contributed by atoms with Gasteiger partial charge in [-0.1, -0.05) is 42.5 Å². The molecule has 142 valence electrons. The van der Waals surface area contributed by atoms with Crippen molar-refractivity contribution in [2.45, 2.75) is 32.7 Å². The first-order valence-electron chi connectivity index (χ1n) is 9.50. The lowest BCUT2D eigenvalue weighted by molar-refractivity contribution is -0.127. The van der Waals surface area contributed by atoms with Gasteiger partial charge in [-0.15, -0.1) is 0 Å². The first-order chi connectivity index (χ1) is 13.5. The van der Waals surface area contributed by atoms with Gasteiger partial charge >= 0.3 is 0 Å². The average molecular weight is 373 g/mol. The van der Waals surface area contributed by atoms with Crippen molar-refractivity contribution in [1.29, 1.82) is 0 Å². The number of hydrogen-bond donors (Lipinski definition) is 0. The smallest absolute Gasteiger partial charge is 0.295 e. The van der Waals surface area contributed by atoms with E-state index in [4.69, 9.17) is 0 Å². The van der Waals surface area contributed by atoms with Crippen molar-refractivity contribution in [3.05, 3.63) is 82.7 Å². The Labute approximate surface area is 164 Å². The number of para-hydroxylation sites is 1. The standard InChI is InChI=1S/C23H23N3O2/c1-15-21(16(2)26(24-15)18-10-5-4-6-11-18)22(27)23(28)25(3)20-14-13-17-9-7-8-12-19(17)20/h4-12,20H,13-14H2,1-3H3. The van der Waals surface area contributed by atoms with Crippen LogP contribution in [0, 0.1) is 13.8 Å².